The third-order valence-electron chi connectivity index (χ3n) is 1.03. The van der Waals surface area contributed by atoms with Crippen molar-refractivity contribution < 1.29 is 19.5 Å². The Morgan fingerprint density at radius 1 is 1.69 bits per heavy atom. The zero-order chi connectivity index (χ0) is 10.3. The topological polar surface area (TPSA) is 102 Å². The molecule has 0 rings (SSSR count). The van der Waals surface area contributed by atoms with Crippen molar-refractivity contribution in [3.05, 3.63) is 0 Å². The molecule has 0 saturated carbocycles. The number of rotatable bonds is 6. The van der Waals surface area contributed by atoms with Crippen molar-refractivity contribution in [2.45, 2.75) is 6.04 Å². The van der Waals surface area contributed by atoms with Gasteiger partial charge in [0.2, 0.25) is 0 Å². The molecular weight excluding hydrogens is 196 g/mol. The van der Waals surface area contributed by atoms with Gasteiger partial charge in [-0.1, -0.05) is 0 Å². The lowest BCUT2D eigenvalue weighted by molar-refractivity contribution is -0.150. The van der Waals surface area contributed by atoms with E-state index in [4.69, 9.17) is 10.8 Å². The third kappa shape index (κ3) is 6.38. The first-order valence-electron chi connectivity index (χ1n) is 3.50. The number of carboxylic acid groups (broad SMARTS) is 1. The summed E-state index contributed by atoms with van der Waals surface area (Å²) < 4.78 is 0. The van der Waals surface area contributed by atoms with Gasteiger partial charge in [-0.3, -0.25) is 4.79 Å². The molecule has 4 N–H and O–H groups in total. The molecule has 0 amide bonds. The first-order chi connectivity index (χ1) is 6.07. The summed E-state index contributed by atoms with van der Waals surface area (Å²) in [4.78, 5) is 25.3. The Kier molecular flexibility index (Phi) is 6.29. The fourth-order valence-electron chi connectivity index (χ4n) is 0.518. The normalized spacial score (nSPS) is 12.2. The summed E-state index contributed by atoms with van der Waals surface area (Å²) >= 11 is 1.07. The molecule has 0 bridgehead atoms. The van der Waals surface area contributed by atoms with Crippen LogP contribution in [0.3, 0.4) is 0 Å². The van der Waals surface area contributed by atoms with Crippen molar-refractivity contribution in [1.82, 2.24) is 5.48 Å². The van der Waals surface area contributed by atoms with E-state index in [1.54, 1.807) is 0 Å². The summed E-state index contributed by atoms with van der Waals surface area (Å²) in [6, 6.07) is -0.795. The van der Waals surface area contributed by atoms with Crippen LogP contribution in [0.15, 0.2) is 0 Å². The molecular formula is C6H12N2O4S. The maximum atomic E-state index is 10.8. The van der Waals surface area contributed by atoms with Crippen LogP contribution < -0.4 is 11.2 Å². The molecule has 0 saturated heterocycles. The van der Waals surface area contributed by atoms with Gasteiger partial charge in [-0.2, -0.15) is 5.48 Å². The Bertz CT molecular complexity index is 187. The second kappa shape index (κ2) is 6.70. The molecule has 0 spiro atoms. The Hall–Kier alpha value is -0.790. The maximum Gasteiger partial charge on any atom is 0.342 e. The zero-order valence-electron chi connectivity index (χ0n) is 7.15. The minimum absolute atomic E-state index is 0.0689. The Labute approximate surface area is 79.8 Å². The highest BCUT2D eigenvalue weighted by Gasteiger charge is 2.15. The number of carbonyl (C=O) groups excluding carboxylic acids is 1. The minimum atomic E-state index is -0.931. The smallest absolute Gasteiger partial charge is 0.342 e. The van der Waals surface area contributed by atoms with Crippen LogP contribution >= 0.6 is 11.8 Å². The quantitative estimate of drug-likeness (QED) is 0.472. The second-order valence-corrected chi connectivity index (χ2v) is 3.17. The van der Waals surface area contributed by atoms with Gasteiger partial charge in [0.25, 0.3) is 0 Å². The van der Waals surface area contributed by atoms with Crippen molar-refractivity contribution in [3.63, 3.8) is 0 Å². The predicted molar refractivity (Wildman–Crippen MR) is 48.1 cm³/mol. The molecule has 1 unspecified atom stereocenters. The van der Waals surface area contributed by atoms with E-state index in [2.05, 4.69) is 10.3 Å². The van der Waals surface area contributed by atoms with E-state index in [-0.39, 0.29) is 11.5 Å². The summed E-state index contributed by atoms with van der Waals surface area (Å²) in [5.74, 6) is -1.37. The molecule has 1 atom stereocenters. The number of aliphatic carboxylic acids is 1. The van der Waals surface area contributed by atoms with Gasteiger partial charge in [-0.15, -0.1) is 11.8 Å². The van der Waals surface area contributed by atoms with Gasteiger partial charge in [0.1, 0.15) is 6.04 Å². The van der Waals surface area contributed by atoms with Crippen LogP contribution in [0, 0.1) is 0 Å². The van der Waals surface area contributed by atoms with Crippen LogP contribution in [0.4, 0.5) is 0 Å². The van der Waals surface area contributed by atoms with E-state index in [1.807, 2.05) is 0 Å². The summed E-state index contributed by atoms with van der Waals surface area (Å²) in [5.41, 5.74) is 7.55. The summed E-state index contributed by atoms with van der Waals surface area (Å²) in [6.45, 7) is 0. The maximum absolute atomic E-state index is 10.8. The molecule has 6 nitrogen and oxygen atoms in total. The van der Waals surface area contributed by atoms with Gasteiger partial charge in [0.15, 0.2) is 0 Å². The molecule has 0 aromatic rings. The van der Waals surface area contributed by atoms with Crippen molar-refractivity contribution in [3.8, 4) is 0 Å². The molecule has 0 aliphatic heterocycles. The molecule has 0 aliphatic carbocycles. The van der Waals surface area contributed by atoms with Crippen LogP contribution in [0.1, 0.15) is 0 Å². The van der Waals surface area contributed by atoms with Crippen LogP contribution in [0.25, 0.3) is 0 Å². The van der Waals surface area contributed by atoms with E-state index in [0.29, 0.717) is 0 Å². The Balaban J connectivity index is 3.55. The third-order valence-corrected chi connectivity index (χ3v) is 2.07. The molecule has 0 radical (unpaired) electrons. The van der Waals surface area contributed by atoms with Gasteiger partial charge >= 0.3 is 11.9 Å². The molecule has 0 aromatic heterocycles. The van der Waals surface area contributed by atoms with Gasteiger partial charge in [-0.25, -0.2) is 4.79 Å². The van der Waals surface area contributed by atoms with Crippen molar-refractivity contribution >= 4 is 23.7 Å². The number of carboxylic acids is 1. The van der Waals surface area contributed by atoms with Gasteiger partial charge < -0.3 is 15.7 Å². The Morgan fingerprint density at radius 3 is 2.77 bits per heavy atom. The van der Waals surface area contributed by atoms with Crippen molar-refractivity contribution in [2.24, 2.45) is 5.73 Å². The lowest BCUT2D eigenvalue weighted by atomic mass is 10.4. The average molecular weight is 208 g/mol. The largest absolute Gasteiger partial charge is 0.481 e. The highest BCUT2D eigenvalue weighted by atomic mass is 32.2. The van der Waals surface area contributed by atoms with Crippen LogP contribution in [0.2, 0.25) is 0 Å². The van der Waals surface area contributed by atoms with Crippen LogP contribution in [-0.4, -0.2) is 41.6 Å². The van der Waals surface area contributed by atoms with Gasteiger partial charge in [0, 0.05) is 12.8 Å². The number of nitrogens with one attached hydrogen (secondary N) is 1. The van der Waals surface area contributed by atoms with E-state index >= 15 is 0 Å². The summed E-state index contributed by atoms with van der Waals surface area (Å²) in [7, 11) is 1.44. The van der Waals surface area contributed by atoms with Crippen LogP contribution in [-0.2, 0) is 14.4 Å². The van der Waals surface area contributed by atoms with E-state index in [0.717, 1.165) is 11.8 Å². The second-order valence-electron chi connectivity index (χ2n) is 2.14. The molecule has 13 heavy (non-hydrogen) atoms. The van der Waals surface area contributed by atoms with E-state index in [1.165, 1.54) is 7.05 Å². The molecule has 0 heterocycles. The highest BCUT2D eigenvalue weighted by Crippen LogP contribution is 2.01. The monoisotopic (exact) mass is 208 g/mol. The molecule has 76 valence electrons. The van der Waals surface area contributed by atoms with Crippen LogP contribution in [0.5, 0.6) is 0 Å². The zero-order valence-corrected chi connectivity index (χ0v) is 7.97. The first kappa shape index (κ1) is 12.2. The first-order valence-corrected chi connectivity index (χ1v) is 4.66. The molecule has 7 heteroatoms. The van der Waals surface area contributed by atoms with Gasteiger partial charge in [-0.05, 0) is 0 Å². The van der Waals surface area contributed by atoms with Crippen molar-refractivity contribution in [1.29, 1.82) is 0 Å². The molecule has 0 aliphatic rings. The SMILES string of the molecule is CNOC(=O)C(N)CSCC(=O)O. The lowest BCUT2D eigenvalue weighted by Crippen LogP contribution is -2.37. The predicted octanol–water partition coefficient (Wildman–Crippen LogP) is -1.19. The number of hydrogen-bond donors (Lipinski definition) is 3. The van der Waals surface area contributed by atoms with Crippen molar-refractivity contribution in [2.75, 3.05) is 18.6 Å². The summed E-state index contributed by atoms with van der Waals surface area (Å²) in [6.07, 6.45) is 0. The fourth-order valence-corrected chi connectivity index (χ4v) is 1.20. The molecule has 0 fully saturated rings. The number of hydroxylamine groups is 1. The highest BCUT2D eigenvalue weighted by molar-refractivity contribution is 8.00. The fraction of sp³-hybridized carbons (Fsp3) is 0.667. The number of hydrogen-bond acceptors (Lipinski definition) is 6. The number of thioether (sulfide) groups is 1. The molecule has 0 aromatic carbocycles. The average Bonchev–Trinajstić information content (AvgIpc) is 2.04. The number of carbonyl (C=O) groups is 2. The van der Waals surface area contributed by atoms with E-state index in [9.17, 15) is 9.59 Å². The van der Waals surface area contributed by atoms with Gasteiger partial charge in [0.05, 0.1) is 5.75 Å². The standard InChI is InChI=1S/C6H12N2O4S/c1-8-12-6(11)4(7)2-13-3-5(9)10/h4,8H,2-3,7H2,1H3,(H,9,10). The van der Waals surface area contributed by atoms with E-state index < -0.39 is 18.0 Å². The Morgan fingerprint density at radius 2 is 2.31 bits per heavy atom. The minimum Gasteiger partial charge on any atom is -0.481 e. The lowest BCUT2D eigenvalue weighted by Gasteiger charge is -2.08. The number of nitrogens with two attached hydrogens (primary N) is 1. The summed E-state index contributed by atoms with van der Waals surface area (Å²) in [5, 5.41) is 8.28.